The van der Waals surface area contributed by atoms with Crippen LogP contribution in [-0.2, 0) is 4.79 Å². The highest BCUT2D eigenvalue weighted by Crippen LogP contribution is 2.24. The molecule has 0 unspecified atom stereocenters. The van der Waals surface area contributed by atoms with E-state index in [0.717, 1.165) is 29.8 Å². The molecule has 22 heavy (non-hydrogen) atoms. The Hall–Kier alpha value is -2.27. The lowest BCUT2D eigenvalue weighted by Gasteiger charge is -2.20. The Labute approximate surface area is 133 Å². The van der Waals surface area contributed by atoms with Crippen LogP contribution in [0.25, 0.3) is 6.08 Å². The van der Waals surface area contributed by atoms with E-state index in [0.29, 0.717) is 16.7 Å². The fourth-order valence-corrected chi connectivity index (χ4v) is 2.56. The second-order valence-corrected chi connectivity index (χ2v) is 5.36. The minimum Gasteiger partial charge on any atom is -0.265 e. The van der Waals surface area contributed by atoms with Gasteiger partial charge in [0.15, 0.2) is 0 Å². The third kappa shape index (κ3) is 2.60. The number of rotatable bonds is 3. The van der Waals surface area contributed by atoms with E-state index in [9.17, 15) is 4.79 Å². The molecule has 0 spiro atoms. The van der Waals surface area contributed by atoms with Crippen molar-refractivity contribution in [1.82, 2.24) is 5.01 Å². The fourth-order valence-electron chi connectivity index (χ4n) is 2.36. The van der Waals surface area contributed by atoms with E-state index in [2.05, 4.69) is 15.1 Å². The number of aliphatic imine (C=N–C) groups is 2. The molecule has 1 aromatic rings. The van der Waals surface area contributed by atoms with Gasteiger partial charge in [-0.15, -0.1) is 0 Å². The molecule has 2 aliphatic rings. The quantitative estimate of drug-likeness (QED) is 0.802. The van der Waals surface area contributed by atoms with Gasteiger partial charge >= 0.3 is 0 Å². The van der Waals surface area contributed by atoms with E-state index in [1.807, 2.05) is 26.0 Å². The summed E-state index contributed by atoms with van der Waals surface area (Å²) in [6.45, 7) is 4.03. The molecule has 2 heterocycles. The zero-order chi connectivity index (χ0) is 15.7. The maximum atomic E-state index is 12.2. The third-order valence-corrected chi connectivity index (χ3v) is 3.68. The van der Waals surface area contributed by atoms with Crippen molar-refractivity contribution in [2.24, 2.45) is 15.1 Å². The van der Waals surface area contributed by atoms with Gasteiger partial charge in [-0.2, -0.15) is 15.1 Å². The smallest absolute Gasteiger partial charge is 0.265 e. The largest absolute Gasteiger partial charge is 0.299 e. The zero-order valence-electron chi connectivity index (χ0n) is 12.4. The van der Waals surface area contributed by atoms with Gasteiger partial charge in [0.25, 0.3) is 11.9 Å². The molecule has 1 amide bonds. The molecule has 0 saturated carbocycles. The average Bonchev–Trinajstić information content (AvgIpc) is 2.81. The standard InChI is InChI=1S/C16H15ClN4O/c1-3-12-13(4-2)20-21-14(15(22)19-16(21)18-12)9-10-6-5-7-11(17)8-10/h5-9H,3-4H2,1-2H3. The van der Waals surface area contributed by atoms with Gasteiger partial charge in [0, 0.05) is 5.02 Å². The van der Waals surface area contributed by atoms with Crippen LogP contribution in [0.4, 0.5) is 0 Å². The molecule has 0 atom stereocenters. The van der Waals surface area contributed by atoms with E-state index < -0.39 is 0 Å². The molecule has 0 saturated heterocycles. The van der Waals surface area contributed by atoms with Crippen molar-refractivity contribution in [3.05, 3.63) is 40.5 Å². The normalized spacial score (nSPS) is 19.0. The summed E-state index contributed by atoms with van der Waals surface area (Å²) in [6, 6.07) is 7.28. The van der Waals surface area contributed by atoms with Gasteiger partial charge in [0.2, 0.25) is 0 Å². The molecule has 3 rings (SSSR count). The van der Waals surface area contributed by atoms with Crippen LogP contribution in [0.5, 0.6) is 0 Å². The van der Waals surface area contributed by atoms with Crippen LogP contribution >= 0.6 is 11.6 Å². The minimum absolute atomic E-state index is 0.338. The number of nitrogens with zero attached hydrogens (tertiary/aromatic N) is 4. The first-order valence-electron chi connectivity index (χ1n) is 7.18. The molecule has 0 bridgehead atoms. The lowest BCUT2D eigenvalue weighted by atomic mass is 10.1. The maximum Gasteiger partial charge on any atom is 0.299 e. The maximum absolute atomic E-state index is 12.2. The number of carbonyl (C=O) groups is 1. The average molecular weight is 315 g/mol. The van der Waals surface area contributed by atoms with E-state index >= 15 is 0 Å². The fraction of sp³-hybridized carbons (Fsp3) is 0.250. The molecular weight excluding hydrogens is 300 g/mol. The molecule has 0 fully saturated rings. The summed E-state index contributed by atoms with van der Waals surface area (Å²) in [4.78, 5) is 20.6. The highest BCUT2D eigenvalue weighted by molar-refractivity contribution is 6.45. The van der Waals surface area contributed by atoms with E-state index in [4.69, 9.17) is 11.6 Å². The summed E-state index contributed by atoms with van der Waals surface area (Å²) in [7, 11) is 0. The molecule has 2 aliphatic heterocycles. The van der Waals surface area contributed by atoms with Crippen LogP contribution in [-0.4, -0.2) is 28.3 Å². The van der Waals surface area contributed by atoms with Gasteiger partial charge in [0.05, 0.1) is 11.4 Å². The second kappa shape index (κ2) is 5.85. The van der Waals surface area contributed by atoms with Crippen LogP contribution in [0.15, 0.2) is 45.0 Å². The van der Waals surface area contributed by atoms with Crippen molar-refractivity contribution in [2.75, 3.05) is 0 Å². The lowest BCUT2D eigenvalue weighted by molar-refractivity contribution is -0.114. The predicted molar refractivity (Wildman–Crippen MR) is 89.2 cm³/mol. The second-order valence-electron chi connectivity index (χ2n) is 4.93. The number of hydrogen-bond donors (Lipinski definition) is 0. The zero-order valence-corrected chi connectivity index (χ0v) is 13.1. The van der Waals surface area contributed by atoms with Crippen LogP contribution in [0.1, 0.15) is 32.3 Å². The molecule has 6 heteroatoms. The summed E-state index contributed by atoms with van der Waals surface area (Å²) in [5.74, 6) is 0.00242. The summed E-state index contributed by atoms with van der Waals surface area (Å²) in [5.41, 5.74) is 2.98. The van der Waals surface area contributed by atoms with E-state index in [1.54, 1.807) is 18.2 Å². The topological polar surface area (TPSA) is 57.4 Å². The number of hydrazone groups is 1. The Bertz CT molecular complexity index is 761. The highest BCUT2D eigenvalue weighted by atomic mass is 35.5. The Morgan fingerprint density at radius 3 is 2.64 bits per heavy atom. The molecule has 0 aromatic heterocycles. The number of benzene rings is 1. The van der Waals surface area contributed by atoms with Gasteiger partial charge in [-0.1, -0.05) is 37.6 Å². The molecule has 0 radical (unpaired) electrons. The number of fused-ring (bicyclic) bond motifs is 1. The van der Waals surface area contributed by atoms with Crippen molar-refractivity contribution in [2.45, 2.75) is 26.7 Å². The Morgan fingerprint density at radius 2 is 1.95 bits per heavy atom. The monoisotopic (exact) mass is 314 g/mol. The Kier molecular flexibility index (Phi) is 3.90. The molecule has 112 valence electrons. The van der Waals surface area contributed by atoms with Crippen LogP contribution < -0.4 is 0 Å². The summed E-state index contributed by atoms with van der Waals surface area (Å²) >= 11 is 5.98. The molecular formula is C16H15ClN4O. The first-order valence-corrected chi connectivity index (χ1v) is 7.56. The number of carbonyl (C=O) groups excluding carboxylic acids is 1. The SMILES string of the molecule is CCC1=NC2=NC(=O)C(=Cc3cccc(Cl)c3)N2N=C1CC. The number of halogens is 1. The molecule has 1 aromatic carbocycles. The molecule has 5 nitrogen and oxygen atoms in total. The van der Waals surface area contributed by atoms with Crippen molar-refractivity contribution in [3.8, 4) is 0 Å². The van der Waals surface area contributed by atoms with Gasteiger partial charge < -0.3 is 0 Å². The van der Waals surface area contributed by atoms with Gasteiger partial charge in [-0.25, -0.2) is 4.99 Å². The van der Waals surface area contributed by atoms with Crippen LogP contribution in [0.3, 0.4) is 0 Å². The van der Waals surface area contributed by atoms with Crippen LogP contribution in [0.2, 0.25) is 5.02 Å². The van der Waals surface area contributed by atoms with Gasteiger partial charge in [0.1, 0.15) is 5.70 Å². The first kappa shape index (κ1) is 14.7. The number of hydrogen-bond acceptors (Lipinski definition) is 4. The van der Waals surface area contributed by atoms with E-state index in [-0.39, 0.29) is 5.91 Å². The third-order valence-electron chi connectivity index (χ3n) is 3.45. The Balaban J connectivity index is 2.01. The summed E-state index contributed by atoms with van der Waals surface area (Å²) in [5, 5.41) is 6.66. The lowest BCUT2D eigenvalue weighted by Crippen LogP contribution is -2.30. The van der Waals surface area contributed by atoms with Crippen molar-refractivity contribution in [3.63, 3.8) is 0 Å². The van der Waals surface area contributed by atoms with Gasteiger partial charge in [-0.05, 0) is 36.6 Å². The van der Waals surface area contributed by atoms with E-state index in [1.165, 1.54) is 5.01 Å². The van der Waals surface area contributed by atoms with Gasteiger partial charge in [-0.3, -0.25) is 4.79 Å². The molecule has 0 N–H and O–H groups in total. The first-order chi connectivity index (χ1) is 10.6. The van der Waals surface area contributed by atoms with Crippen molar-refractivity contribution in [1.29, 1.82) is 0 Å². The summed E-state index contributed by atoms with van der Waals surface area (Å²) < 4.78 is 0. The minimum atomic E-state index is -0.338. The van der Waals surface area contributed by atoms with Crippen molar-refractivity contribution < 1.29 is 4.79 Å². The van der Waals surface area contributed by atoms with Crippen molar-refractivity contribution >= 4 is 41.0 Å². The number of amides is 1. The Morgan fingerprint density at radius 1 is 1.18 bits per heavy atom. The number of guanidine groups is 1. The summed E-state index contributed by atoms with van der Waals surface area (Å²) in [6.07, 6.45) is 3.25. The predicted octanol–water partition coefficient (Wildman–Crippen LogP) is 3.51. The highest BCUT2D eigenvalue weighted by Gasteiger charge is 2.33. The molecule has 0 aliphatic carbocycles. The van der Waals surface area contributed by atoms with Crippen LogP contribution in [0, 0.1) is 0 Å².